The van der Waals surface area contributed by atoms with E-state index in [-0.39, 0.29) is 19.0 Å². The van der Waals surface area contributed by atoms with E-state index in [1.54, 1.807) is 62.0 Å². The third kappa shape index (κ3) is 6.99. The van der Waals surface area contributed by atoms with Crippen molar-refractivity contribution in [2.75, 3.05) is 18.9 Å². The summed E-state index contributed by atoms with van der Waals surface area (Å²) in [6, 6.07) is 8.57. The summed E-state index contributed by atoms with van der Waals surface area (Å²) in [5.41, 5.74) is 5.81. The second kappa shape index (κ2) is 13.3. The molecule has 0 saturated carbocycles. The molecule has 3 atom stereocenters. The number of rotatable bonds is 13. The zero-order valence-corrected chi connectivity index (χ0v) is 24.6. The number of nitrogens with zero attached hydrogens (tertiary/aromatic N) is 5. The van der Waals surface area contributed by atoms with Crippen LogP contribution in [0.15, 0.2) is 47.7 Å². The molecule has 3 rings (SSSR count). The predicted octanol–water partition coefficient (Wildman–Crippen LogP) is 3.33. The average molecular weight is 573 g/mol. The molecule has 0 aliphatic rings. The lowest BCUT2D eigenvalue weighted by Crippen LogP contribution is -2.44. The highest BCUT2D eigenvalue weighted by Gasteiger charge is 2.55. The minimum atomic E-state index is -2.80. The number of carbonyl (C=O) groups excluding carboxylic acids is 2. The smallest absolute Gasteiger partial charge is 0.367 e. The largest absolute Gasteiger partial charge is 0.611 e. The minimum Gasteiger partial charge on any atom is -0.611 e. The molecule has 0 radical (unpaired) electrons. The van der Waals surface area contributed by atoms with Crippen molar-refractivity contribution in [3.8, 4) is 0 Å². The van der Waals surface area contributed by atoms with Gasteiger partial charge in [0.2, 0.25) is 0 Å². The number of nitrogens with two attached hydrogens (primary N) is 1. The van der Waals surface area contributed by atoms with Crippen molar-refractivity contribution >= 4 is 36.9 Å². The molecule has 0 amide bonds. The van der Waals surface area contributed by atoms with Crippen LogP contribution in [0.3, 0.4) is 0 Å². The maximum atomic E-state index is 14.2. The first kappa shape index (κ1) is 31.1. The number of hydrogen-bond acceptors (Lipinski definition) is 11. The number of hydrogen-bond donors (Lipinski definition) is 1. The molecule has 0 aliphatic heterocycles. The number of benzene rings is 1. The minimum absolute atomic E-state index is 0.202. The first-order valence-corrected chi connectivity index (χ1v) is 14.3. The van der Waals surface area contributed by atoms with Crippen LogP contribution in [0, 0.1) is 0 Å². The Hall–Kier alpha value is -3.47. The van der Waals surface area contributed by atoms with Crippen LogP contribution >= 0.6 is 7.94 Å². The summed E-state index contributed by atoms with van der Waals surface area (Å²) >= 11 is 0. The van der Waals surface area contributed by atoms with Crippen LogP contribution in [0.1, 0.15) is 53.5 Å². The SMILES string of the molecule is CCCOC(=O)C(C)(C)/N=[P+](\[O-])C(COC(C)Cn1cnc2c(N)ncnc21)(C(=O)OC(C)C)c1ccccc1. The molecule has 0 spiro atoms. The van der Waals surface area contributed by atoms with Crippen LogP contribution in [-0.4, -0.2) is 62.4 Å². The summed E-state index contributed by atoms with van der Waals surface area (Å²) in [4.78, 5) is 53.2. The monoisotopic (exact) mass is 572 g/mol. The second-order valence-electron chi connectivity index (χ2n) is 10.2. The highest BCUT2D eigenvalue weighted by Crippen LogP contribution is 2.48. The van der Waals surface area contributed by atoms with E-state index in [9.17, 15) is 14.5 Å². The zero-order chi connectivity index (χ0) is 29.5. The van der Waals surface area contributed by atoms with Crippen molar-refractivity contribution in [3.05, 3.63) is 48.5 Å². The van der Waals surface area contributed by atoms with Crippen LogP contribution in [0.5, 0.6) is 0 Å². The van der Waals surface area contributed by atoms with Crippen LogP contribution < -0.4 is 10.6 Å². The van der Waals surface area contributed by atoms with E-state index >= 15 is 0 Å². The van der Waals surface area contributed by atoms with Crippen LogP contribution in [-0.2, 0) is 35.5 Å². The molecule has 3 unspecified atom stereocenters. The van der Waals surface area contributed by atoms with Gasteiger partial charge in [-0.05, 0) is 41.0 Å². The summed E-state index contributed by atoms with van der Waals surface area (Å²) in [6.07, 6.45) is 2.56. The Bertz CT molecular complexity index is 1350. The molecule has 40 heavy (non-hydrogen) atoms. The van der Waals surface area contributed by atoms with E-state index < -0.39 is 42.8 Å². The lowest BCUT2D eigenvalue weighted by molar-refractivity contribution is -0.174. The Balaban J connectivity index is 2.01. The van der Waals surface area contributed by atoms with E-state index in [2.05, 4.69) is 19.7 Å². The van der Waals surface area contributed by atoms with Crippen molar-refractivity contribution in [1.29, 1.82) is 0 Å². The molecule has 1 aromatic carbocycles. The van der Waals surface area contributed by atoms with E-state index in [1.165, 1.54) is 20.2 Å². The molecule has 2 N–H and O–H groups in total. The summed E-state index contributed by atoms with van der Waals surface area (Å²) in [7, 11) is -2.80. The van der Waals surface area contributed by atoms with Crippen molar-refractivity contribution in [2.24, 2.45) is 4.74 Å². The molecular formula is C27H37N6O6P. The van der Waals surface area contributed by atoms with Gasteiger partial charge < -0.3 is 29.4 Å². The third-order valence-electron chi connectivity index (χ3n) is 6.00. The van der Waals surface area contributed by atoms with Gasteiger partial charge in [0.1, 0.15) is 18.5 Å². The van der Waals surface area contributed by atoms with Gasteiger partial charge in [0.25, 0.3) is 5.16 Å². The maximum absolute atomic E-state index is 14.2. The van der Waals surface area contributed by atoms with Gasteiger partial charge in [-0.1, -0.05) is 42.0 Å². The Kier molecular flexibility index (Phi) is 10.3. The van der Waals surface area contributed by atoms with Crippen LogP contribution in [0.25, 0.3) is 11.2 Å². The number of esters is 2. The topological polar surface area (TPSA) is 167 Å². The summed E-state index contributed by atoms with van der Waals surface area (Å²) < 4.78 is 23.2. The first-order chi connectivity index (χ1) is 18.9. The third-order valence-corrected chi connectivity index (χ3v) is 7.90. The Labute approximate surface area is 234 Å². The zero-order valence-electron chi connectivity index (χ0n) is 23.7. The van der Waals surface area contributed by atoms with Gasteiger partial charge in [0.05, 0.1) is 31.7 Å². The van der Waals surface area contributed by atoms with Gasteiger partial charge in [0.15, 0.2) is 24.9 Å². The predicted molar refractivity (Wildman–Crippen MR) is 149 cm³/mol. The summed E-state index contributed by atoms with van der Waals surface area (Å²) in [5, 5.41) is -1.83. The fourth-order valence-electron chi connectivity index (χ4n) is 3.88. The fourth-order valence-corrected chi connectivity index (χ4v) is 5.35. The van der Waals surface area contributed by atoms with Crippen molar-refractivity contribution in [1.82, 2.24) is 19.5 Å². The standard InChI is InChI=1S/C27H37N6O6P/c1-7-13-37-24(34)26(5,6)32-40(36)27(25(35)39-18(2)3,20-11-9-8-10-12-20)15-38-19(4)14-33-17-31-21-22(28)29-16-30-23(21)33/h8-12,16-19H,7,13-15H2,1-6H3,(H2,28,29,30). The molecule has 0 bridgehead atoms. The molecule has 2 heterocycles. The van der Waals surface area contributed by atoms with E-state index in [0.29, 0.717) is 29.7 Å². The fraction of sp³-hybridized carbons (Fsp3) is 0.519. The molecule has 0 saturated heterocycles. The van der Waals surface area contributed by atoms with Crippen LogP contribution in [0.4, 0.5) is 5.82 Å². The lowest BCUT2D eigenvalue weighted by Gasteiger charge is -2.30. The molecule has 12 nitrogen and oxygen atoms in total. The number of nitrogen functional groups attached to an aromatic ring is 1. The van der Waals surface area contributed by atoms with E-state index in [4.69, 9.17) is 19.9 Å². The van der Waals surface area contributed by atoms with Gasteiger partial charge in [-0.2, -0.15) is 0 Å². The van der Waals surface area contributed by atoms with Gasteiger partial charge in [-0.15, -0.1) is 0 Å². The first-order valence-electron chi connectivity index (χ1n) is 13.1. The molecule has 13 heteroatoms. The van der Waals surface area contributed by atoms with Crippen LogP contribution in [0.2, 0.25) is 0 Å². The Morgan fingerprint density at radius 2 is 1.82 bits per heavy atom. The van der Waals surface area contributed by atoms with Gasteiger partial charge >= 0.3 is 11.9 Å². The average Bonchev–Trinajstić information content (AvgIpc) is 3.31. The summed E-state index contributed by atoms with van der Waals surface area (Å²) in [6.45, 7) is 10.3. The molecule has 2 aromatic heterocycles. The quantitative estimate of drug-likeness (QED) is 0.237. The normalized spacial score (nSPS) is 14.7. The van der Waals surface area contributed by atoms with Crippen molar-refractivity contribution in [2.45, 2.75) is 77.4 Å². The number of fused-ring (bicyclic) bond motifs is 1. The number of carbonyl (C=O) groups is 2. The molecule has 3 aromatic rings. The van der Waals surface area contributed by atoms with Gasteiger partial charge in [0, 0.05) is 5.56 Å². The highest BCUT2D eigenvalue weighted by atomic mass is 31.1. The second-order valence-corrected chi connectivity index (χ2v) is 11.7. The van der Waals surface area contributed by atoms with Crippen molar-refractivity contribution in [3.63, 3.8) is 0 Å². The summed E-state index contributed by atoms with van der Waals surface area (Å²) in [5.74, 6) is -1.15. The van der Waals surface area contributed by atoms with Crippen molar-refractivity contribution < 1.29 is 28.7 Å². The van der Waals surface area contributed by atoms with Gasteiger partial charge in [-0.25, -0.2) is 24.5 Å². The number of imidazole rings is 1. The van der Waals surface area contributed by atoms with E-state index in [0.717, 1.165) is 0 Å². The molecular weight excluding hydrogens is 535 g/mol. The number of anilines is 1. The number of ether oxygens (including phenoxy) is 3. The number of aromatic nitrogens is 4. The maximum Gasteiger partial charge on any atom is 0.367 e. The Morgan fingerprint density at radius 3 is 2.48 bits per heavy atom. The molecule has 216 valence electrons. The molecule has 0 aliphatic carbocycles. The molecule has 0 fully saturated rings. The Morgan fingerprint density at radius 1 is 1.12 bits per heavy atom. The lowest BCUT2D eigenvalue weighted by atomic mass is 9.98. The van der Waals surface area contributed by atoms with Gasteiger partial charge in [-0.3, -0.25) is 0 Å². The van der Waals surface area contributed by atoms with E-state index in [1.807, 2.05) is 6.92 Å². The highest BCUT2D eigenvalue weighted by molar-refractivity contribution is 7.42.